The third kappa shape index (κ3) is 4.10. The van der Waals surface area contributed by atoms with E-state index in [4.69, 9.17) is 0 Å². The number of nitrogens with one attached hydrogen (secondary N) is 2. The summed E-state index contributed by atoms with van der Waals surface area (Å²) in [5, 5.41) is 15.0. The van der Waals surface area contributed by atoms with Crippen LogP contribution in [0.5, 0.6) is 0 Å². The van der Waals surface area contributed by atoms with Gasteiger partial charge in [-0.25, -0.2) is 4.39 Å². The first-order chi connectivity index (χ1) is 11.8. The lowest BCUT2D eigenvalue weighted by atomic mass is 10.2. The minimum absolute atomic E-state index is 0.233. The molecule has 0 unspecified atom stereocenters. The zero-order chi connectivity index (χ0) is 16.8. The maximum Gasteiger partial charge on any atom is 0.191 e. The van der Waals surface area contributed by atoms with Gasteiger partial charge in [0.1, 0.15) is 11.6 Å². The fraction of sp³-hybridized carbons (Fsp3) is 0.471. The van der Waals surface area contributed by atoms with Crippen LogP contribution >= 0.6 is 0 Å². The molecule has 6 nitrogen and oxygen atoms in total. The van der Waals surface area contributed by atoms with E-state index < -0.39 is 0 Å². The van der Waals surface area contributed by atoms with Crippen molar-refractivity contribution in [2.45, 2.75) is 45.3 Å². The summed E-state index contributed by atoms with van der Waals surface area (Å²) in [7, 11) is 1.71. The summed E-state index contributed by atoms with van der Waals surface area (Å²) in [6, 6.07) is 6.53. The van der Waals surface area contributed by atoms with Crippen LogP contribution in [0.3, 0.4) is 0 Å². The van der Waals surface area contributed by atoms with Gasteiger partial charge in [0.05, 0.1) is 6.54 Å². The molecule has 0 bridgehead atoms. The SMILES string of the molecule is CN=C(NCc1cccc(F)c1)NCc1nnc2n1CCCCC2. The number of hydrogen-bond donors (Lipinski definition) is 2. The molecule has 0 spiro atoms. The molecule has 24 heavy (non-hydrogen) atoms. The number of hydrogen-bond acceptors (Lipinski definition) is 3. The first-order valence-corrected chi connectivity index (χ1v) is 8.36. The number of aliphatic imine (C=N–C) groups is 1. The Balaban J connectivity index is 1.56. The highest BCUT2D eigenvalue weighted by Crippen LogP contribution is 2.14. The van der Waals surface area contributed by atoms with E-state index in [0.29, 0.717) is 19.0 Å². The summed E-state index contributed by atoms with van der Waals surface area (Å²) < 4.78 is 15.4. The second-order valence-corrected chi connectivity index (χ2v) is 5.90. The lowest BCUT2D eigenvalue weighted by Gasteiger charge is -2.12. The summed E-state index contributed by atoms with van der Waals surface area (Å²) in [5.74, 6) is 2.43. The van der Waals surface area contributed by atoms with Crippen molar-refractivity contribution in [3.8, 4) is 0 Å². The van der Waals surface area contributed by atoms with Gasteiger partial charge in [-0.1, -0.05) is 18.6 Å². The van der Waals surface area contributed by atoms with Crippen molar-refractivity contribution in [1.29, 1.82) is 0 Å². The molecule has 1 aliphatic rings. The Labute approximate surface area is 141 Å². The number of halogens is 1. The fourth-order valence-electron chi connectivity index (χ4n) is 2.89. The van der Waals surface area contributed by atoms with Crippen molar-refractivity contribution >= 4 is 5.96 Å². The Kier molecular flexibility index (Phi) is 5.40. The van der Waals surface area contributed by atoms with Crippen molar-refractivity contribution in [3.05, 3.63) is 47.3 Å². The summed E-state index contributed by atoms with van der Waals surface area (Å²) >= 11 is 0. The van der Waals surface area contributed by atoms with E-state index in [1.165, 1.54) is 31.4 Å². The lowest BCUT2D eigenvalue weighted by Crippen LogP contribution is -2.37. The first kappa shape index (κ1) is 16.4. The third-order valence-corrected chi connectivity index (χ3v) is 4.17. The van der Waals surface area contributed by atoms with E-state index in [2.05, 4.69) is 30.4 Å². The Morgan fingerprint density at radius 2 is 2.08 bits per heavy atom. The number of aryl methyl sites for hydroxylation is 1. The van der Waals surface area contributed by atoms with Gasteiger partial charge in [-0.2, -0.15) is 0 Å². The van der Waals surface area contributed by atoms with Crippen LogP contribution in [-0.2, 0) is 26.1 Å². The largest absolute Gasteiger partial charge is 0.352 e. The molecule has 0 saturated heterocycles. The molecule has 7 heteroatoms. The Morgan fingerprint density at radius 3 is 2.92 bits per heavy atom. The summed E-state index contributed by atoms with van der Waals surface area (Å²) in [6.07, 6.45) is 4.60. The van der Waals surface area contributed by atoms with E-state index in [0.717, 1.165) is 30.2 Å². The topological polar surface area (TPSA) is 67.1 Å². The summed E-state index contributed by atoms with van der Waals surface area (Å²) in [4.78, 5) is 4.20. The van der Waals surface area contributed by atoms with Crippen LogP contribution in [0.1, 0.15) is 36.5 Å². The zero-order valence-corrected chi connectivity index (χ0v) is 13.9. The van der Waals surface area contributed by atoms with Gasteiger partial charge < -0.3 is 15.2 Å². The molecule has 0 saturated carbocycles. The average Bonchev–Trinajstić information content (AvgIpc) is 2.82. The molecule has 128 valence electrons. The molecule has 0 amide bonds. The van der Waals surface area contributed by atoms with Crippen molar-refractivity contribution < 1.29 is 4.39 Å². The quantitative estimate of drug-likeness (QED) is 0.665. The number of fused-ring (bicyclic) bond motifs is 1. The number of aromatic nitrogens is 3. The van der Waals surface area contributed by atoms with Crippen LogP contribution in [0.25, 0.3) is 0 Å². The monoisotopic (exact) mass is 330 g/mol. The lowest BCUT2D eigenvalue weighted by molar-refractivity contribution is 0.596. The standard InChI is InChI=1S/C17H23FN6/c1-19-17(20-11-13-6-5-7-14(18)10-13)21-12-16-23-22-15-8-3-2-4-9-24(15)16/h5-7,10H,2-4,8-9,11-12H2,1H3,(H2,19,20,21). The molecule has 1 aliphatic heterocycles. The maximum atomic E-state index is 13.2. The average molecular weight is 330 g/mol. The molecule has 0 radical (unpaired) electrons. The highest BCUT2D eigenvalue weighted by atomic mass is 19.1. The molecule has 0 atom stereocenters. The Bertz CT molecular complexity index is 709. The molecule has 1 aromatic heterocycles. The van der Waals surface area contributed by atoms with Crippen LogP contribution < -0.4 is 10.6 Å². The molecule has 1 aromatic carbocycles. The summed E-state index contributed by atoms with van der Waals surface area (Å²) in [5.41, 5.74) is 0.870. The van der Waals surface area contributed by atoms with E-state index in [-0.39, 0.29) is 5.82 Å². The highest BCUT2D eigenvalue weighted by molar-refractivity contribution is 5.79. The minimum atomic E-state index is -0.233. The zero-order valence-electron chi connectivity index (χ0n) is 13.9. The second-order valence-electron chi connectivity index (χ2n) is 5.90. The van der Waals surface area contributed by atoms with Crippen molar-refractivity contribution in [3.63, 3.8) is 0 Å². The first-order valence-electron chi connectivity index (χ1n) is 8.36. The van der Waals surface area contributed by atoms with Crippen LogP contribution in [0.2, 0.25) is 0 Å². The minimum Gasteiger partial charge on any atom is -0.352 e. The Hall–Kier alpha value is -2.44. The normalized spacial score (nSPS) is 14.8. The van der Waals surface area contributed by atoms with E-state index in [9.17, 15) is 4.39 Å². The van der Waals surface area contributed by atoms with E-state index in [1.807, 2.05) is 6.07 Å². The smallest absolute Gasteiger partial charge is 0.191 e. The van der Waals surface area contributed by atoms with Gasteiger partial charge in [0.2, 0.25) is 0 Å². The highest BCUT2D eigenvalue weighted by Gasteiger charge is 2.14. The van der Waals surface area contributed by atoms with Crippen molar-refractivity contribution in [2.75, 3.05) is 7.05 Å². The molecule has 2 N–H and O–H groups in total. The van der Waals surface area contributed by atoms with Gasteiger partial charge in [0.25, 0.3) is 0 Å². The molecule has 2 aromatic rings. The van der Waals surface area contributed by atoms with Gasteiger partial charge in [-0.05, 0) is 30.5 Å². The number of benzene rings is 1. The summed E-state index contributed by atoms with van der Waals surface area (Å²) in [6.45, 7) is 2.06. The molecular formula is C17H23FN6. The Morgan fingerprint density at radius 1 is 1.21 bits per heavy atom. The predicted octanol–water partition coefficient (Wildman–Crippen LogP) is 2.01. The fourth-order valence-corrected chi connectivity index (χ4v) is 2.89. The molecule has 0 fully saturated rings. The number of guanidine groups is 1. The van der Waals surface area contributed by atoms with Crippen molar-refractivity contribution in [1.82, 2.24) is 25.4 Å². The molecule has 3 rings (SSSR count). The van der Waals surface area contributed by atoms with E-state index >= 15 is 0 Å². The van der Waals surface area contributed by atoms with Gasteiger partial charge in [-0.15, -0.1) is 10.2 Å². The molecular weight excluding hydrogens is 307 g/mol. The van der Waals surface area contributed by atoms with Crippen LogP contribution in [0.4, 0.5) is 4.39 Å². The van der Waals surface area contributed by atoms with Gasteiger partial charge in [-0.3, -0.25) is 4.99 Å². The van der Waals surface area contributed by atoms with Crippen LogP contribution in [0, 0.1) is 5.82 Å². The van der Waals surface area contributed by atoms with Crippen LogP contribution in [-0.4, -0.2) is 27.8 Å². The van der Waals surface area contributed by atoms with Crippen molar-refractivity contribution in [2.24, 2.45) is 4.99 Å². The van der Waals surface area contributed by atoms with E-state index in [1.54, 1.807) is 13.1 Å². The van der Waals surface area contributed by atoms with Crippen LogP contribution in [0.15, 0.2) is 29.3 Å². The molecule has 2 heterocycles. The maximum absolute atomic E-state index is 13.2. The predicted molar refractivity (Wildman–Crippen MR) is 91.0 cm³/mol. The molecule has 0 aliphatic carbocycles. The second kappa shape index (κ2) is 7.90. The van der Waals surface area contributed by atoms with Gasteiger partial charge >= 0.3 is 0 Å². The third-order valence-electron chi connectivity index (χ3n) is 4.17. The number of rotatable bonds is 4. The van der Waals surface area contributed by atoms with Gasteiger partial charge in [0, 0.05) is 26.6 Å². The number of nitrogens with zero attached hydrogens (tertiary/aromatic N) is 4. The van der Waals surface area contributed by atoms with Gasteiger partial charge in [0.15, 0.2) is 11.8 Å².